The van der Waals surface area contributed by atoms with E-state index in [2.05, 4.69) is 0 Å². The van der Waals surface area contributed by atoms with Gasteiger partial charge in [0.05, 0.1) is 23.7 Å². The van der Waals surface area contributed by atoms with Gasteiger partial charge in [0.15, 0.2) is 0 Å². The first-order valence-electron chi connectivity index (χ1n) is 6.36. The lowest BCUT2D eigenvalue weighted by Gasteiger charge is -2.16. The molecule has 2 N–H and O–H groups in total. The molecule has 0 saturated carbocycles. The Kier molecular flexibility index (Phi) is 4.18. The second-order valence-corrected chi connectivity index (χ2v) is 5.46. The third-order valence-corrected chi connectivity index (χ3v) is 3.98. The summed E-state index contributed by atoms with van der Waals surface area (Å²) in [4.78, 5) is 25.7. The van der Waals surface area contributed by atoms with E-state index in [1.54, 1.807) is 23.1 Å². The smallest absolute Gasteiger partial charge is 0.310 e. The van der Waals surface area contributed by atoms with E-state index in [1.807, 2.05) is 6.92 Å². The molecule has 0 bridgehead atoms. The summed E-state index contributed by atoms with van der Waals surface area (Å²) < 4.78 is 4.76. The SMILES string of the molecule is COC(=O)C1CN(C(=O)c2ccc(N)c(Cl)c2)CC1C. The van der Waals surface area contributed by atoms with E-state index in [0.29, 0.717) is 29.4 Å². The molecule has 0 radical (unpaired) electrons. The Morgan fingerprint density at radius 2 is 2.10 bits per heavy atom. The summed E-state index contributed by atoms with van der Waals surface area (Å²) in [6, 6.07) is 4.79. The van der Waals surface area contributed by atoms with Crippen LogP contribution in [-0.2, 0) is 9.53 Å². The van der Waals surface area contributed by atoms with Crippen LogP contribution in [0.5, 0.6) is 0 Å². The fourth-order valence-corrected chi connectivity index (χ4v) is 2.61. The van der Waals surface area contributed by atoms with Crippen molar-refractivity contribution in [3.8, 4) is 0 Å². The van der Waals surface area contributed by atoms with Crippen LogP contribution >= 0.6 is 11.6 Å². The predicted molar refractivity (Wildman–Crippen MR) is 76.4 cm³/mol. The standard InChI is InChI=1S/C14H17ClN2O3/c1-8-6-17(7-10(8)14(19)20-2)13(18)9-3-4-12(16)11(15)5-9/h3-5,8,10H,6-7,16H2,1-2H3. The summed E-state index contributed by atoms with van der Waals surface area (Å²) in [7, 11) is 1.36. The maximum absolute atomic E-state index is 12.4. The Morgan fingerprint density at radius 3 is 2.70 bits per heavy atom. The summed E-state index contributed by atoms with van der Waals surface area (Å²) in [6.45, 7) is 2.83. The fourth-order valence-electron chi connectivity index (χ4n) is 2.43. The van der Waals surface area contributed by atoms with Gasteiger partial charge in [0.1, 0.15) is 0 Å². The molecule has 6 heteroatoms. The molecule has 0 spiro atoms. The number of anilines is 1. The molecular weight excluding hydrogens is 280 g/mol. The van der Waals surface area contributed by atoms with Crippen LogP contribution < -0.4 is 5.73 Å². The maximum atomic E-state index is 12.4. The molecule has 1 heterocycles. The zero-order valence-corrected chi connectivity index (χ0v) is 12.2. The molecule has 0 aliphatic carbocycles. The molecule has 5 nitrogen and oxygen atoms in total. The van der Waals surface area contributed by atoms with Crippen molar-refractivity contribution in [3.63, 3.8) is 0 Å². The van der Waals surface area contributed by atoms with E-state index in [0.717, 1.165) is 0 Å². The second-order valence-electron chi connectivity index (χ2n) is 5.05. The van der Waals surface area contributed by atoms with Crippen molar-refractivity contribution in [2.75, 3.05) is 25.9 Å². The van der Waals surface area contributed by atoms with E-state index in [9.17, 15) is 9.59 Å². The number of rotatable bonds is 2. The van der Waals surface area contributed by atoms with Gasteiger partial charge in [-0.25, -0.2) is 0 Å². The van der Waals surface area contributed by atoms with Gasteiger partial charge < -0.3 is 15.4 Å². The van der Waals surface area contributed by atoms with Crippen LogP contribution in [0.3, 0.4) is 0 Å². The first kappa shape index (κ1) is 14.7. The maximum Gasteiger partial charge on any atom is 0.310 e. The largest absolute Gasteiger partial charge is 0.469 e. The van der Waals surface area contributed by atoms with Crippen molar-refractivity contribution in [1.29, 1.82) is 0 Å². The minimum absolute atomic E-state index is 0.0793. The summed E-state index contributed by atoms with van der Waals surface area (Å²) in [5, 5.41) is 0.354. The van der Waals surface area contributed by atoms with Crippen LogP contribution in [0.25, 0.3) is 0 Å². The number of esters is 1. The number of likely N-dealkylation sites (tertiary alicyclic amines) is 1. The lowest BCUT2D eigenvalue weighted by atomic mass is 9.99. The summed E-state index contributed by atoms with van der Waals surface area (Å²) in [6.07, 6.45) is 0. The van der Waals surface area contributed by atoms with Gasteiger partial charge in [-0.2, -0.15) is 0 Å². The zero-order chi connectivity index (χ0) is 14.9. The van der Waals surface area contributed by atoms with Crippen LogP contribution in [-0.4, -0.2) is 37.0 Å². The van der Waals surface area contributed by atoms with Crippen LogP contribution in [0.1, 0.15) is 17.3 Å². The molecule has 1 fully saturated rings. The number of carbonyl (C=O) groups excluding carboxylic acids is 2. The van der Waals surface area contributed by atoms with Gasteiger partial charge in [-0.3, -0.25) is 9.59 Å². The predicted octanol–water partition coefficient (Wildman–Crippen LogP) is 1.80. The Labute approximate surface area is 122 Å². The molecule has 2 rings (SSSR count). The van der Waals surface area contributed by atoms with Crippen LogP contribution in [0.2, 0.25) is 5.02 Å². The molecule has 108 valence electrons. The van der Waals surface area contributed by atoms with Gasteiger partial charge in [-0.15, -0.1) is 0 Å². The molecule has 1 aromatic rings. The number of nitrogens with two attached hydrogens (primary N) is 1. The number of carbonyl (C=O) groups is 2. The third kappa shape index (κ3) is 2.72. The van der Waals surface area contributed by atoms with Crippen molar-refractivity contribution in [2.24, 2.45) is 11.8 Å². The number of nitrogen functional groups attached to an aromatic ring is 1. The lowest BCUT2D eigenvalue weighted by Crippen LogP contribution is -2.30. The van der Waals surface area contributed by atoms with Gasteiger partial charge >= 0.3 is 5.97 Å². The van der Waals surface area contributed by atoms with E-state index < -0.39 is 0 Å². The number of nitrogens with zero attached hydrogens (tertiary/aromatic N) is 1. The van der Waals surface area contributed by atoms with Crippen molar-refractivity contribution in [3.05, 3.63) is 28.8 Å². The Morgan fingerprint density at radius 1 is 1.40 bits per heavy atom. The van der Waals surface area contributed by atoms with E-state index in [4.69, 9.17) is 22.1 Å². The molecule has 1 amide bonds. The molecule has 1 saturated heterocycles. The molecule has 2 unspecified atom stereocenters. The fraction of sp³-hybridized carbons (Fsp3) is 0.429. The summed E-state index contributed by atoms with van der Waals surface area (Å²) in [5.41, 5.74) is 6.54. The number of hydrogen-bond acceptors (Lipinski definition) is 4. The van der Waals surface area contributed by atoms with Gasteiger partial charge in [-0.05, 0) is 24.1 Å². The molecule has 0 aromatic heterocycles. The van der Waals surface area contributed by atoms with Crippen LogP contribution in [0, 0.1) is 11.8 Å². The zero-order valence-electron chi connectivity index (χ0n) is 11.4. The van der Waals surface area contributed by atoms with Crippen molar-refractivity contribution >= 4 is 29.2 Å². The molecule has 1 aliphatic heterocycles. The highest BCUT2D eigenvalue weighted by Crippen LogP contribution is 2.27. The Hall–Kier alpha value is -1.75. The van der Waals surface area contributed by atoms with Gasteiger partial charge in [0.25, 0.3) is 5.91 Å². The van der Waals surface area contributed by atoms with E-state index in [1.165, 1.54) is 7.11 Å². The topological polar surface area (TPSA) is 72.6 Å². The summed E-state index contributed by atoms with van der Waals surface area (Å²) in [5.74, 6) is -0.614. The first-order chi connectivity index (χ1) is 9.43. The minimum atomic E-state index is -0.275. The molecule has 2 atom stereocenters. The van der Waals surface area contributed by atoms with Crippen LogP contribution in [0.15, 0.2) is 18.2 Å². The average Bonchev–Trinajstić information content (AvgIpc) is 2.82. The van der Waals surface area contributed by atoms with Gasteiger partial charge in [0.2, 0.25) is 0 Å². The molecule has 1 aliphatic rings. The highest BCUT2D eigenvalue weighted by molar-refractivity contribution is 6.33. The normalized spacial score (nSPS) is 21.9. The number of hydrogen-bond donors (Lipinski definition) is 1. The number of halogens is 1. The third-order valence-electron chi connectivity index (χ3n) is 3.65. The van der Waals surface area contributed by atoms with Crippen molar-refractivity contribution in [1.82, 2.24) is 4.90 Å². The molecular formula is C14H17ClN2O3. The lowest BCUT2D eigenvalue weighted by molar-refractivity contribution is -0.146. The van der Waals surface area contributed by atoms with Gasteiger partial charge in [0, 0.05) is 18.7 Å². The quantitative estimate of drug-likeness (QED) is 0.667. The van der Waals surface area contributed by atoms with E-state index in [-0.39, 0.29) is 23.7 Å². The Bertz CT molecular complexity index is 547. The molecule has 1 aromatic carbocycles. The first-order valence-corrected chi connectivity index (χ1v) is 6.74. The highest BCUT2D eigenvalue weighted by Gasteiger charge is 2.37. The second kappa shape index (κ2) is 5.71. The highest BCUT2D eigenvalue weighted by atomic mass is 35.5. The monoisotopic (exact) mass is 296 g/mol. The van der Waals surface area contributed by atoms with Gasteiger partial charge in [-0.1, -0.05) is 18.5 Å². The number of methoxy groups -OCH3 is 1. The average molecular weight is 297 g/mol. The van der Waals surface area contributed by atoms with Crippen molar-refractivity contribution in [2.45, 2.75) is 6.92 Å². The molecule has 20 heavy (non-hydrogen) atoms. The van der Waals surface area contributed by atoms with E-state index >= 15 is 0 Å². The van der Waals surface area contributed by atoms with Crippen LogP contribution in [0.4, 0.5) is 5.69 Å². The van der Waals surface area contributed by atoms with Crippen molar-refractivity contribution < 1.29 is 14.3 Å². The Balaban J connectivity index is 2.14. The summed E-state index contributed by atoms with van der Waals surface area (Å²) >= 11 is 5.92. The number of benzene rings is 1. The number of amides is 1. The number of ether oxygens (including phenoxy) is 1. The minimum Gasteiger partial charge on any atom is -0.469 e.